The first-order chi connectivity index (χ1) is 5.68. The number of amides is 1. The largest absolute Gasteiger partial charge is 0.368 e. The highest BCUT2D eigenvalue weighted by molar-refractivity contribution is 7.11. The minimum atomic E-state index is -0.428. The SMILES string of the molecule is Cc1ccc(COCC(N)=O)s1. The lowest BCUT2D eigenvalue weighted by Crippen LogP contribution is -2.17. The van der Waals surface area contributed by atoms with E-state index in [0.29, 0.717) is 6.61 Å². The molecule has 1 aromatic rings. The number of rotatable bonds is 4. The van der Waals surface area contributed by atoms with Crippen LogP contribution in [0.15, 0.2) is 12.1 Å². The molecule has 2 N–H and O–H groups in total. The molecule has 0 spiro atoms. The van der Waals surface area contributed by atoms with Crippen LogP contribution >= 0.6 is 11.3 Å². The van der Waals surface area contributed by atoms with E-state index in [0.717, 1.165) is 4.88 Å². The van der Waals surface area contributed by atoms with Crippen LogP contribution in [-0.2, 0) is 16.1 Å². The van der Waals surface area contributed by atoms with Crippen molar-refractivity contribution < 1.29 is 9.53 Å². The highest BCUT2D eigenvalue weighted by atomic mass is 32.1. The average molecular weight is 185 g/mol. The molecule has 12 heavy (non-hydrogen) atoms. The van der Waals surface area contributed by atoms with Gasteiger partial charge in [-0.1, -0.05) is 0 Å². The van der Waals surface area contributed by atoms with Crippen LogP contribution in [0.25, 0.3) is 0 Å². The maximum absolute atomic E-state index is 10.3. The van der Waals surface area contributed by atoms with Crippen LogP contribution in [0.2, 0.25) is 0 Å². The molecule has 1 rings (SSSR count). The fourth-order valence-corrected chi connectivity index (χ4v) is 1.64. The van der Waals surface area contributed by atoms with Gasteiger partial charge in [0.2, 0.25) is 5.91 Å². The lowest BCUT2D eigenvalue weighted by Gasteiger charge is -1.97. The highest BCUT2D eigenvalue weighted by Crippen LogP contribution is 2.15. The number of primary amides is 1. The molecule has 0 fully saturated rings. The minimum Gasteiger partial charge on any atom is -0.368 e. The lowest BCUT2D eigenvalue weighted by atomic mass is 10.4. The molecule has 0 radical (unpaired) electrons. The van der Waals surface area contributed by atoms with E-state index >= 15 is 0 Å². The molecule has 0 aliphatic carbocycles. The van der Waals surface area contributed by atoms with Crippen LogP contribution in [0.4, 0.5) is 0 Å². The van der Waals surface area contributed by atoms with E-state index in [1.807, 2.05) is 19.1 Å². The maximum Gasteiger partial charge on any atom is 0.243 e. The lowest BCUT2D eigenvalue weighted by molar-refractivity contribution is -0.122. The third-order valence-corrected chi connectivity index (χ3v) is 2.26. The first-order valence-corrected chi connectivity index (χ1v) is 4.41. The van der Waals surface area contributed by atoms with Crippen molar-refractivity contribution in [2.75, 3.05) is 6.61 Å². The molecule has 1 amide bonds. The molecule has 66 valence electrons. The predicted octanol–water partition coefficient (Wildman–Crippen LogP) is 1.06. The Kier molecular flexibility index (Phi) is 3.25. The molecular formula is C8H11NO2S. The first kappa shape index (κ1) is 9.22. The molecule has 1 heterocycles. The zero-order valence-electron chi connectivity index (χ0n) is 6.87. The van der Waals surface area contributed by atoms with Gasteiger partial charge in [0.15, 0.2) is 0 Å². The van der Waals surface area contributed by atoms with E-state index in [9.17, 15) is 4.79 Å². The number of aryl methyl sites for hydroxylation is 1. The number of carbonyl (C=O) groups is 1. The summed E-state index contributed by atoms with van der Waals surface area (Å²) in [5, 5.41) is 0. The van der Waals surface area contributed by atoms with Gasteiger partial charge >= 0.3 is 0 Å². The molecule has 4 heteroatoms. The van der Waals surface area contributed by atoms with Crippen LogP contribution in [0.5, 0.6) is 0 Å². The summed E-state index contributed by atoms with van der Waals surface area (Å²) in [4.78, 5) is 12.7. The molecular weight excluding hydrogens is 174 g/mol. The van der Waals surface area contributed by atoms with Crippen molar-refractivity contribution in [2.24, 2.45) is 5.73 Å². The van der Waals surface area contributed by atoms with Crippen molar-refractivity contribution in [3.63, 3.8) is 0 Å². The van der Waals surface area contributed by atoms with Crippen LogP contribution in [0, 0.1) is 6.92 Å². The normalized spacial score (nSPS) is 10.1. The van der Waals surface area contributed by atoms with Crippen LogP contribution in [0.1, 0.15) is 9.75 Å². The first-order valence-electron chi connectivity index (χ1n) is 3.60. The molecule has 0 saturated heterocycles. The van der Waals surface area contributed by atoms with Gasteiger partial charge in [-0.05, 0) is 19.1 Å². The Balaban J connectivity index is 2.29. The standard InChI is InChI=1S/C8H11NO2S/c1-6-2-3-7(12-6)4-11-5-8(9)10/h2-3H,4-5H2,1H3,(H2,9,10). The van der Waals surface area contributed by atoms with Crippen molar-refractivity contribution in [1.29, 1.82) is 0 Å². The fourth-order valence-electron chi connectivity index (χ4n) is 0.815. The molecule has 0 aromatic carbocycles. The zero-order chi connectivity index (χ0) is 8.97. The van der Waals surface area contributed by atoms with Crippen molar-refractivity contribution in [3.05, 3.63) is 21.9 Å². The summed E-state index contributed by atoms with van der Waals surface area (Å²) in [5.74, 6) is -0.428. The summed E-state index contributed by atoms with van der Waals surface area (Å²) < 4.78 is 5.03. The van der Waals surface area contributed by atoms with E-state index in [-0.39, 0.29) is 6.61 Å². The topological polar surface area (TPSA) is 52.3 Å². The van der Waals surface area contributed by atoms with Crippen LogP contribution < -0.4 is 5.73 Å². The Labute approximate surface area is 75.1 Å². The Hall–Kier alpha value is -0.870. The van der Waals surface area contributed by atoms with Gasteiger partial charge in [0.1, 0.15) is 6.61 Å². The summed E-state index contributed by atoms with van der Waals surface area (Å²) in [6, 6.07) is 4.01. The smallest absolute Gasteiger partial charge is 0.243 e. The molecule has 0 unspecified atom stereocenters. The maximum atomic E-state index is 10.3. The quantitative estimate of drug-likeness (QED) is 0.762. The summed E-state index contributed by atoms with van der Waals surface area (Å²) in [5.41, 5.74) is 4.90. The number of hydrogen-bond donors (Lipinski definition) is 1. The van der Waals surface area contributed by atoms with Crippen molar-refractivity contribution in [3.8, 4) is 0 Å². The van der Waals surface area contributed by atoms with Crippen LogP contribution in [-0.4, -0.2) is 12.5 Å². The number of carbonyl (C=O) groups excluding carboxylic acids is 1. The third-order valence-electron chi connectivity index (χ3n) is 1.28. The number of nitrogens with two attached hydrogens (primary N) is 1. The Morgan fingerprint density at radius 3 is 2.92 bits per heavy atom. The zero-order valence-corrected chi connectivity index (χ0v) is 7.69. The second-order valence-corrected chi connectivity index (χ2v) is 3.84. The minimum absolute atomic E-state index is 0.00303. The Bertz CT molecular complexity index is 270. The molecule has 3 nitrogen and oxygen atoms in total. The van der Waals surface area contributed by atoms with Gasteiger partial charge in [-0.15, -0.1) is 11.3 Å². The summed E-state index contributed by atoms with van der Waals surface area (Å²) in [7, 11) is 0. The van der Waals surface area contributed by atoms with Crippen molar-refractivity contribution in [1.82, 2.24) is 0 Å². The van der Waals surface area contributed by atoms with Gasteiger partial charge in [0.05, 0.1) is 6.61 Å². The van der Waals surface area contributed by atoms with E-state index in [1.54, 1.807) is 11.3 Å². The number of ether oxygens (including phenoxy) is 1. The average Bonchev–Trinajstić information content (AvgIpc) is 2.35. The van der Waals surface area contributed by atoms with Crippen molar-refractivity contribution >= 4 is 17.2 Å². The Morgan fingerprint density at radius 2 is 2.42 bits per heavy atom. The second-order valence-electron chi connectivity index (χ2n) is 2.47. The van der Waals surface area contributed by atoms with E-state index < -0.39 is 5.91 Å². The van der Waals surface area contributed by atoms with Gasteiger partial charge in [0.25, 0.3) is 0 Å². The summed E-state index contributed by atoms with van der Waals surface area (Å²) in [6.07, 6.45) is 0. The van der Waals surface area contributed by atoms with Gasteiger partial charge in [0, 0.05) is 9.75 Å². The van der Waals surface area contributed by atoms with Gasteiger partial charge in [-0.3, -0.25) is 4.79 Å². The van der Waals surface area contributed by atoms with Crippen molar-refractivity contribution in [2.45, 2.75) is 13.5 Å². The molecule has 0 aliphatic heterocycles. The van der Waals surface area contributed by atoms with E-state index in [4.69, 9.17) is 10.5 Å². The fraction of sp³-hybridized carbons (Fsp3) is 0.375. The second kappa shape index (κ2) is 4.23. The third kappa shape index (κ3) is 3.02. The monoisotopic (exact) mass is 185 g/mol. The van der Waals surface area contributed by atoms with Gasteiger partial charge in [-0.25, -0.2) is 0 Å². The molecule has 0 bridgehead atoms. The number of hydrogen-bond acceptors (Lipinski definition) is 3. The predicted molar refractivity (Wildman–Crippen MR) is 47.9 cm³/mol. The van der Waals surface area contributed by atoms with Gasteiger partial charge < -0.3 is 10.5 Å². The molecule has 0 atom stereocenters. The number of thiophene rings is 1. The summed E-state index contributed by atoms with van der Waals surface area (Å²) in [6.45, 7) is 2.50. The van der Waals surface area contributed by atoms with E-state index in [1.165, 1.54) is 4.88 Å². The molecule has 0 aliphatic rings. The van der Waals surface area contributed by atoms with E-state index in [2.05, 4.69) is 0 Å². The molecule has 0 saturated carbocycles. The summed E-state index contributed by atoms with van der Waals surface area (Å²) >= 11 is 1.66. The van der Waals surface area contributed by atoms with Crippen LogP contribution in [0.3, 0.4) is 0 Å². The Morgan fingerprint density at radius 1 is 1.67 bits per heavy atom. The molecule has 1 aromatic heterocycles. The highest BCUT2D eigenvalue weighted by Gasteiger charge is 1.98. The van der Waals surface area contributed by atoms with Gasteiger partial charge in [-0.2, -0.15) is 0 Å².